The molecule has 0 aliphatic heterocycles. The molecule has 6 heteroatoms. The zero-order valence-electron chi connectivity index (χ0n) is 16.7. The molecule has 5 nitrogen and oxygen atoms in total. The minimum absolute atomic E-state index is 0.233. The van der Waals surface area contributed by atoms with Gasteiger partial charge in [-0.05, 0) is 37.3 Å². The molecule has 0 atom stereocenters. The number of hydrogen-bond donors (Lipinski definition) is 0. The van der Waals surface area contributed by atoms with Gasteiger partial charge in [-0.1, -0.05) is 45.0 Å². The molecule has 0 aromatic heterocycles. The van der Waals surface area contributed by atoms with E-state index in [-0.39, 0.29) is 19.0 Å². The number of benzene rings is 1. The quantitative estimate of drug-likeness (QED) is 0.355. The summed E-state index contributed by atoms with van der Waals surface area (Å²) in [5, 5.41) is 0. The van der Waals surface area contributed by atoms with Crippen molar-refractivity contribution >= 4 is 14.8 Å². The van der Waals surface area contributed by atoms with Crippen LogP contribution in [0.4, 0.5) is 0 Å². The lowest BCUT2D eigenvalue weighted by molar-refractivity contribution is -0.142. The van der Waals surface area contributed by atoms with Crippen LogP contribution in [0.2, 0.25) is 6.04 Å². The summed E-state index contributed by atoms with van der Waals surface area (Å²) in [4.78, 5) is 12.2. The number of carbonyl (C=O) groups excluding carboxylic acids is 1. The lowest BCUT2D eigenvalue weighted by atomic mass is 10.1. The van der Waals surface area contributed by atoms with Crippen molar-refractivity contribution in [2.45, 2.75) is 59.4 Å². The number of esters is 1. The largest absolute Gasteiger partial charge is 0.504 e. The Morgan fingerprint density at radius 1 is 0.885 bits per heavy atom. The van der Waals surface area contributed by atoms with Crippen molar-refractivity contribution in [2.24, 2.45) is 0 Å². The maximum atomic E-state index is 12.2. The van der Waals surface area contributed by atoms with Gasteiger partial charge in [-0.3, -0.25) is 4.79 Å². The third-order valence-electron chi connectivity index (χ3n) is 3.85. The standard InChI is InChI=1S/C20H34O5Si/c1-5-12-23-26(24-13-6-2,25-14-7-3)16-15-22-20(21)17-19-11-9-8-10-18(19)4/h8-11H,5-7,12-17H2,1-4H3. The zero-order valence-corrected chi connectivity index (χ0v) is 17.7. The summed E-state index contributed by atoms with van der Waals surface area (Å²) in [7, 11) is -2.81. The molecule has 0 radical (unpaired) electrons. The molecule has 0 fully saturated rings. The van der Waals surface area contributed by atoms with Gasteiger partial charge >= 0.3 is 14.8 Å². The van der Waals surface area contributed by atoms with Gasteiger partial charge in [-0.2, -0.15) is 0 Å². The Morgan fingerprint density at radius 2 is 1.42 bits per heavy atom. The van der Waals surface area contributed by atoms with Crippen LogP contribution in [-0.2, 0) is 29.2 Å². The molecular formula is C20H34O5Si. The first kappa shape index (κ1) is 22.8. The molecule has 0 spiro atoms. The molecule has 0 aliphatic rings. The van der Waals surface area contributed by atoms with E-state index >= 15 is 0 Å². The molecule has 1 rings (SSSR count). The normalized spacial score (nSPS) is 11.5. The smallest absolute Gasteiger partial charge is 0.465 e. The molecule has 1 aromatic carbocycles. The second-order valence-corrected chi connectivity index (χ2v) is 9.03. The van der Waals surface area contributed by atoms with Crippen LogP contribution in [0.1, 0.15) is 51.2 Å². The first-order chi connectivity index (χ1) is 12.6. The minimum Gasteiger partial charge on any atom is -0.465 e. The van der Waals surface area contributed by atoms with Crippen LogP contribution < -0.4 is 0 Å². The Kier molecular flexibility index (Phi) is 11.4. The van der Waals surface area contributed by atoms with Crippen molar-refractivity contribution in [1.29, 1.82) is 0 Å². The molecule has 0 amide bonds. The summed E-state index contributed by atoms with van der Waals surface area (Å²) in [5.41, 5.74) is 2.09. The number of rotatable bonds is 14. The molecule has 0 saturated heterocycles. The number of aryl methyl sites for hydroxylation is 1. The van der Waals surface area contributed by atoms with E-state index in [0.717, 1.165) is 30.4 Å². The van der Waals surface area contributed by atoms with E-state index in [0.29, 0.717) is 25.9 Å². The average molecular weight is 383 g/mol. The maximum Gasteiger partial charge on any atom is 0.504 e. The van der Waals surface area contributed by atoms with Crippen LogP contribution in [0, 0.1) is 6.92 Å². The number of hydrogen-bond acceptors (Lipinski definition) is 5. The van der Waals surface area contributed by atoms with Crippen molar-refractivity contribution in [3.05, 3.63) is 35.4 Å². The highest BCUT2D eigenvalue weighted by molar-refractivity contribution is 6.60. The molecule has 26 heavy (non-hydrogen) atoms. The van der Waals surface area contributed by atoms with Gasteiger partial charge in [0.15, 0.2) is 0 Å². The van der Waals surface area contributed by atoms with Crippen LogP contribution in [0.5, 0.6) is 0 Å². The molecule has 0 unspecified atom stereocenters. The summed E-state index contributed by atoms with van der Waals surface area (Å²) in [6.07, 6.45) is 2.97. The molecule has 1 aromatic rings. The van der Waals surface area contributed by atoms with Crippen LogP contribution in [-0.4, -0.2) is 41.2 Å². The topological polar surface area (TPSA) is 54.0 Å². The lowest BCUT2D eigenvalue weighted by Crippen LogP contribution is -2.47. The van der Waals surface area contributed by atoms with Crippen molar-refractivity contribution in [3.63, 3.8) is 0 Å². The van der Waals surface area contributed by atoms with Crippen LogP contribution in [0.25, 0.3) is 0 Å². The molecule has 0 N–H and O–H groups in total. The lowest BCUT2D eigenvalue weighted by Gasteiger charge is -2.29. The summed E-state index contributed by atoms with van der Waals surface area (Å²) in [6, 6.07) is 8.34. The van der Waals surface area contributed by atoms with E-state index < -0.39 is 8.80 Å². The summed E-state index contributed by atoms with van der Waals surface area (Å²) in [5.74, 6) is -0.233. The van der Waals surface area contributed by atoms with Gasteiger partial charge in [0.1, 0.15) is 0 Å². The third kappa shape index (κ3) is 8.45. The Hall–Kier alpha value is -1.21. The predicted octanol–water partition coefficient (Wildman–Crippen LogP) is 4.30. The highest BCUT2D eigenvalue weighted by Gasteiger charge is 2.41. The van der Waals surface area contributed by atoms with Gasteiger partial charge in [-0.15, -0.1) is 0 Å². The van der Waals surface area contributed by atoms with E-state index in [1.54, 1.807) is 0 Å². The summed E-state index contributed by atoms with van der Waals surface area (Å²) >= 11 is 0. The van der Waals surface area contributed by atoms with Crippen molar-refractivity contribution in [3.8, 4) is 0 Å². The Morgan fingerprint density at radius 3 is 1.92 bits per heavy atom. The SMILES string of the molecule is CCCO[Si](CCOC(=O)Cc1ccccc1C)(OCCC)OCCC. The molecule has 148 valence electrons. The van der Waals surface area contributed by atoms with Gasteiger partial charge in [0.05, 0.1) is 19.1 Å². The highest BCUT2D eigenvalue weighted by Crippen LogP contribution is 2.18. The predicted molar refractivity (Wildman–Crippen MR) is 105 cm³/mol. The highest BCUT2D eigenvalue weighted by atomic mass is 28.4. The second-order valence-electron chi connectivity index (χ2n) is 6.30. The monoisotopic (exact) mass is 382 g/mol. The average Bonchev–Trinajstić information content (AvgIpc) is 2.64. The molecular weight excluding hydrogens is 348 g/mol. The first-order valence-corrected chi connectivity index (χ1v) is 11.6. The fourth-order valence-electron chi connectivity index (χ4n) is 2.42. The van der Waals surface area contributed by atoms with Crippen molar-refractivity contribution in [1.82, 2.24) is 0 Å². The molecule has 0 heterocycles. The molecule has 0 bridgehead atoms. The van der Waals surface area contributed by atoms with Crippen LogP contribution in [0.15, 0.2) is 24.3 Å². The second kappa shape index (κ2) is 13.0. The van der Waals surface area contributed by atoms with Crippen molar-refractivity contribution in [2.75, 3.05) is 26.4 Å². The third-order valence-corrected chi connectivity index (χ3v) is 6.59. The number of carbonyl (C=O) groups is 1. The van der Waals surface area contributed by atoms with E-state index in [2.05, 4.69) is 20.8 Å². The van der Waals surface area contributed by atoms with E-state index in [1.165, 1.54) is 0 Å². The fourth-order valence-corrected chi connectivity index (χ4v) is 5.00. The minimum atomic E-state index is -2.81. The van der Waals surface area contributed by atoms with Gasteiger partial charge < -0.3 is 18.0 Å². The van der Waals surface area contributed by atoms with Gasteiger partial charge in [0.2, 0.25) is 0 Å². The maximum absolute atomic E-state index is 12.2. The Balaban J connectivity index is 2.59. The van der Waals surface area contributed by atoms with Gasteiger partial charge in [-0.25, -0.2) is 0 Å². The van der Waals surface area contributed by atoms with E-state index in [1.807, 2.05) is 31.2 Å². The van der Waals surface area contributed by atoms with Crippen molar-refractivity contribution < 1.29 is 22.8 Å². The molecule has 0 saturated carbocycles. The Bertz CT molecular complexity index is 499. The number of ether oxygens (including phenoxy) is 1. The van der Waals surface area contributed by atoms with Crippen LogP contribution >= 0.6 is 0 Å². The Labute approximate surface area is 159 Å². The van der Waals surface area contributed by atoms with E-state index in [9.17, 15) is 4.79 Å². The van der Waals surface area contributed by atoms with Crippen LogP contribution in [0.3, 0.4) is 0 Å². The van der Waals surface area contributed by atoms with Gasteiger partial charge in [0.25, 0.3) is 0 Å². The van der Waals surface area contributed by atoms with E-state index in [4.69, 9.17) is 18.0 Å². The first-order valence-electron chi connectivity index (χ1n) is 9.68. The summed E-state index contributed by atoms with van der Waals surface area (Å²) < 4.78 is 23.5. The molecule has 0 aliphatic carbocycles. The fraction of sp³-hybridized carbons (Fsp3) is 0.650. The zero-order chi connectivity index (χ0) is 19.3. The van der Waals surface area contributed by atoms with Gasteiger partial charge in [0, 0.05) is 19.8 Å². The summed E-state index contributed by atoms with van der Waals surface area (Å²) in [6.45, 7) is 10.2.